The van der Waals surface area contributed by atoms with Crippen LogP contribution in [0.1, 0.15) is 31.7 Å². The van der Waals surface area contributed by atoms with Crippen LogP contribution < -0.4 is 10.6 Å². The van der Waals surface area contributed by atoms with Crippen molar-refractivity contribution in [2.24, 2.45) is 0 Å². The Bertz CT molecular complexity index is 393. The van der Waals surface area contributed by atoms with E-state index in [1.807, 2.05) is 19.1 Å². The summed E-state index contributed by atoms with van der Waals surface area (Å²) in [5, 5.41) is 24.0. The van der Waals surface area contributed by atoms with E-state index in [2.05, 4.69) is 10.6 Å². The van der Waals surface area contributed by atoms with E-state index in [4.69, 9.17) is 5.11 Å². The first-order chi connectivity index (χ1) is 9.61. The monoisotopic (exact) mass is 280 g/mol. The number of benzene rings is 1. The van der Waals surface area contributed by atoms with E-state index in [9.17, 15) is 9.90 Å². The van der Waals surface area contributed by atoms with Crippen LogP contribution in [-0.4, -0.2) is 35.4 Å². The summed E-state index contributed by atoms with van der Waals surface area (Å²) in [6.45, 7) is 3.00. The molecule has 1 aromatic carbocycles. The lowest BCUT2D eigenvalue weighted by Gasteiger charge is -2.10. The molecule has 1 atom stereocenters. The molecule has 0 spiro atoms. The third-order valence-corrected chi connectivity index (χ3v) is 3.10. The van der Waals surface area contributed by atoms with E-state index in [0.29, 0.717) is 25.9 Å². The molecule has 0 aliphatic carbocycles. The molecule has 0 fully saturated rings. The highest BCUT2D eigenvalue weighted by molar-refractivity contribution is 5.73. The summed E-state index contributed by atoms with van der Waals surface area (Å²) in [6.07, 6.45) is 2.64. The molecule has 5 heteroatoms. The number of amides is 2. The van der Waals surface area contributed by atoms with Gasteiger partial charge in [0.15, 0.2) is 0 Å². The molecular weight excluding hydrogens is 256 g/mol. The van der Waals surface area contributed by atoms with Crippen molar-refractivity contribution in [2.45, 2.75) is 38.7 Å². The summed E-state index contributed by atoms with van der Waals surface area (Å²) < 4.78 is 0. The van der Waals surface area contributed by atoms with Crippen LogP contribution in [0, 0.1) is 0 Å². The maximum Gasteiger partial charge on any atom is 0.314 e. The van der Waals surface area contributed by atoms with Gasteiger partial charge in [-0.15, -0.1) is 0 Å². The minimum atomic E-state index is -0.343. The summed E-state index contributed by atoms with van der Waals surface area (Å²) in [4.78, 5) is 11.4. The smallest absolute Gasteiger partial charge is 0.314 e. The predicted molar refractivity (Wildman–Crippen MR) is 78.7 cm³/mol. The maximum atomic E-state index is 11.4. The molecule has 1 rings (SSSR count). The molecule has 0 aliphatic heterocycles. The summed E-state index contributed by atoms with van der Waals surface area (Å²) in [6, 6.07) is 6.88. The van der Waals surface area contributed by atoms with Crippen molar-refractivity contribution in [1.82, 2.24) is 10.6 Å². The van der Waals surface area contributed by atoms with Crippen molar-refractivity contribution in [2.75, 3.05) is 13.1 Å². The standard InChI is InChI=1S/C15H24N2O3/c1-2-13(18)9-11-17-15(20)16-10-3-4-12-5-7-14(19)8-6-12/h5-8,13,18-19H,2-4,9-11H2,1H3,(H2,16,17,20). The maximum absolute atomic E-state index is 11.4. The third-order valence-electron chi connectivity index (χ3n) is 3.10. The van der Waals surface area contributed by atoms with Gasteiger partial charge in [-0.1, -0.05) is 19.1 Å². The van der Waals surface area contributed by atoms with Crippen LogP contribution in [0.2, 0.25) is 0 Å². The lowest BCUT2D eigenvalue weighted by molar-refractivity contribution is 0.160. The van der Waals surface area contributed by atoms with Crippen LogP contribution >= 0.6 is 0 Å². The molecule has 0 radical (unpaired) electrons. The van der Waals surface area contributed by atoms with Gasteiger partial charge in [0, 0.05) is 13.1 Å². The number of nitrogens with one attached hydrogen (secondary N) is 2. The highest BCUT2D eigenvalue weighted by atomic mass is 16.3. The van der Waals surface area contributed by atoms with E-state index < -0.39 is 0 Å². The van der Waals surface area contributed by atoms with Gasteiger partial charge < -0.3 is 20.8 Å². The fourth-order valence-electron chi connectivity index (χ4n) is 1.78. The number of rotatable bonds is 8. The molecule has 5 nitrogen and oxygen atoms in total. The van der Waals surface area contributed by atoms with Gasteiger partial charge in [0.1, 0.15) is 5.75 Å². The molecule has 0 saturated heterocycles. The van der Waals surface area contributed by atoms with Crippen LogP contribution in [-0.2, 0) is 6.42 Å². The van der Waals surface area contributed by atoms with Gasteiger partial charge in [-0.2, -0.15) is 0 Å². The second kappa shape index (κ2) is 9.20. The number of carbonyl (C=O) groups is 1. The van der Waals surface area contributed by atoms with Gasteiger partial charge in [0.05, 0.1) is 6.10 Å². The average molecular weight is 280 g/mol. The van der Waals surface area contributed by atoms with Gasteiger partial charge in [0.25, 0.3) is 0 Å². The van der Waals surface area contributed by atoms with E-state index in [1.54, 1.807) is 12.1 Å². The molecule has 1 aromatic rings. The summed E-state index contributed by atoms with van der Waals surface area (Å²) >= 11 is 0. The molecule has 1 unspecified atom stereocenters. The van der Waals surface area contributed by atoms with E-state index in [1.165, 1.54) is 0 Å². The predicted octanol–water partition coefficient (Wildman–Crippen LogP) is 1.79. The Hall–Kier alpha value is -1.75. The van der Waals surface area contributed by atoms with Gasteiger partial charge in [-0.3, -0.25) is 0 Å². The third kappa shape index (κ3) is 6.99. The summed E-state index contributed by atoms with van der Waals surface area (Å²) in [5.41, 5.74) is 1.14. The van der Waals surface area contributed by atoms with Crippen molar-refractivity contribution in [3.63, 3.8) is 0 Å². The zero-order valence-corrected chi connectivity index (χ0v) is 11.9. The van der Waals surface area contributed by atoms with Crippen LogP contribution in [0.5, 0.6) is 5.75 Å². The molecule has 2 amide bonds. The van der Waals surface area contributed by atoms with E-state index in [-0.39, 0.29) is 17.9 Å². The van der Waals surface area contributed by atoms with Crippen LogP contribution in [0.3, 0.4) is 0 Å². The molecule has 20 heavy (non-hydrogen) atoms. The van der Waals surface area contributed by atoms with Crippen molar-refractivity contribution < 1.29 is 15.0 Å². The first kappa shape index (κ1) is 16.3. The Morgan fingerprint density at radius 2 is 1.85 bits per heavy atom. The van der Waals surface area contributed by atoms with Gasteiger partial charge in [-0.05, 0) is 43.4 Å². The number of aryl methyl sites for hydroxylation is 1. The number of aliphatic hydroxyl groups is 1. The number of hydrogen-bond acceptors (Lipinski definition) is 3. The zero-order chi connectivity index (χ0) is 14.8. The number of aliphatic hydroxyl groups excluding tert-OH is 1. The molecule has 0 bridgehead atoms. The minimum Gasteiger partial charge on any atom is -0.508 e. The Morgan fingerprint density at radius 1 is 1.20 bits per heavy atom. The SMILES string of the molecule is CCC(O)CCNC(=O)NCCCc1ccc(O)cc1. The van der Waals surface area contributed by atoms with Gasteiger partial charge >= 0.3 is 6.03 Å². The second-order valence-electron chi connectivity index (χ2n) is 4.80. The first-order valence-electron chi connectivity index (χ1n) is 7.09. The van der Waals surface area contributed by atoms with Crippen molar-refractivity contribution in [3.05, 3.63) is 29.8 Å². The number of urea groups is 1. The lowest BCUT2D eigenvalue weighted by Crippen LogP contribution is -2.37. The van der Waals surface area contributed by atoms with Crippen LogP contribution in [0.25, 0.3) is 0 Å². The summed E-state index contributed by atoms with van der Waals surface area (Å²) in [7, 11) is 0. The van der Waals surface area contributed by atoms with E-state index >= 15 is 0 Å². The molecular formula is C15H24N2O3. The van der Waals surface area contributed by atoms with Crippen molar-refractivity contribution in [3.8, 4) is 5.75 Å². The normalized spacial score (nSPS) is 11.9. The molecule has 0 saturated carbocycles. The lowest BCUT2D eigenvalue weighted by atomic mass is 10.1. The van der Waals surface area contributed by atoms with Crippen LogP contribution in [0.15, 0.2) is 24.3 Å². The van der Waals surface area contributed by atoms with Gasteiger partial charge in [0.2, 0.25) is 0 Å². The molecule has 112 valence electrons. The molecule has 0 aliphatic rings. The molecule has 0 aromatic heterocycles. The fourth-order valence-corrected chi connectivity index (χ4v) is 1.78. The average Bonchev–Trinajstić information content (AvgIpc) is 2.45. The number of aromatic hydroxyl groups is 1. The number of hydrogen-bond donors (Lipinski definition) is 4. The fraction of sp³-hybridized carbons (Fsp3) is 0.533. The van der Waals surface area contributed by atoms with Crippen LogP contribution in [0.4, 0.5) is 4.79 Å². The van der Waals surface area contributed by atoms with Crippen molar-refractivity contribution in [1.29, 1.82) is 0 Å². The Morgan fingerprint density at radius 3 is 2.50 bits per heavy atom. The highest BCUT2D eigenvalue weighted by Crippen LogP contribution is 2.10. The Kier molecular flexibility index (Phi) is 7.50. The Labute approximate surface area is 120 Å². The summed E-state index contributed by atoms with van der Waals surface area (Å²) in [5.74, 6) is 0.264. The zero-order valence-electron chi connectivity index (χ0n) is 11.9. The quantitative estimate of drug-likeness (QED) is 0.548. The number of phenolic OH excluding ortho intramolecular Hbond substituents is 1. The topological polar surface area (TPSA) is 81.6 Å². The first-order valence-corrected chi connectivity index (χ1v) is 7.09. The minimum absolute atomic E-state index is 0.195. The van der Waals surface area contributed by atoms with Gasteiger partial charge in [-0.25, -0.2) is 4.79 Å². The molecule has 4 N–H and O–H groups in total. The number of phenols is 1. The second-order valence-corrected chi connectivity index (χ2v) is 4.80. The largest absolute Gasteiger partial charge is 0.508 e. The Balaban J connectivity index is 2.05. The molecule has 0 heterocycles. The van der Waals surface area contributed by atoms with Crippen molar-refractivity contribution >= 4 is 6.03 Å². The highest BCUT2D eigenvalue weighted by Gasteiger charge is 2.03. The number of carbonyl (C=O) groups excluding carboxylic acids is 1. The van der Waals surface area contributed by atoms with E-state index in [0.717, 1.165) is 18.4 Å².